The summed E-state index contributed by atoms with van der Waals surface area (Å²) in [4.78, 5) is 35.6. The Morgan fingerprint density at radius 3 is 1.36 bits per heavy atom. The molecule has 0 saturated heterocycles. The van der Waals surface area contributed by atoms with Crippen LogP contribution >= 0.6 is 7.82 Å². The number of aliphatic hydroxyl groups excluding tert-OH is 5. The summed E-state index contributed by atoms with van der Waals surface area (Å²) in [5.74, 6) is -1.10. The first-order chi connectivity index (χ1) is 26.9. The first kappa shape index (κ1) is 52.6. The molecule has 330 valence electrons. The van der Waals surface area contributed by atoms with E-state index in [0.717, 1.165) is 57.8 Å². The molecular weight excluding hydrogens is 743 g/mol. The highest BCUT2D eigenvalue weighted by Crippen LogP contribution is 2.47. The summed E-state index contributed by atoms with van der Waals surface area (Å²) in [6.07, 6.45) is 19.9. The van der Waals surface area contributed by atoms with Gasteiger partial charge >= 0.3 is 19.8 Å². The molecule has 0 bridgehead atoms. The van der Waals surface area contributed by atoms with E-state index in [0.29, 0.717) is 12.8 Å². The zero-order valence-electron chi connectivity index (χ0n) is 34.7. The number of esters is 2. The van der Waals surface area contributed by atoms with Crippen molar-refractivity contribution in [2.75, 3.05) is 13.2 Å². The van der Waals surface area contributed by atoms with E-state index < -0.39 is 75.7 Å². The van der Waals surface area contributed by atoms with Crippen LogP contribution in [-0.2, 0) is 32.7 Å². The average molecular weight is 823 g/mol. The zero-order valence-corrected chi connectivity index (χ0v) is 35.6. The average Bonchev–Trinajstić information content (AvgIpc) is 3.18. The molecule has 1 rings (SSSR count). The second-order valence-corrected chi connectivity index (χ2v) is 17.0. The molecule has 1 aliphatic carbocycles. The van der Waals surface area contributed by atoms with Crippen LogP contribution in [0.2, 0.25) is 0 Å². The molecule has 13 nitrogen and oxygen atoms in total. The Morgan fingerprint density at radius 2 is 0.911 bits per heavy atom. The highest BCUT2D eigenvalue weighted by atomic mass is 31.2. The fraction of sp³-hybridized carbons (Fsp3) is 0.905. The van der Waals surface area contributed by atoms with E-state index in [1.54, 1.807) is 0 Å². The van der Waals surface area contributed by atoms with Gasteiger partial charge in [-0.15, -0.1) is 0 Å². The highest BCUT2D eigenvalue weighted by molar-refractivity contribution is 7.47. The Kier molecular flexibility index (Phi) is 31.4. The Morgan fingerprint density at radius 1 is 0.536 bits per heavy atom. The number of rotatable bonds is 36. The van der Waals surface area contributed by atoms with Crippen LogP contribution in [0, 0.1) is 0 Å². The van der Waals surface area contributed by atoms with Gasteiger partial charge < -0.3 is 39.9 Å². The second kappa shape index (κ2) is 33.4. The van der Waals surface area contributed by atoms with E-state index in [1.807, 2.05) is 0 Å². The fourth-order valence-corrected chi connectivity index (χ4v) is 7.73. The van der Waals surface area contributed by atoms with Crippen molar-refractivity contribution < 1.29 is 63.1 Å². The van der Waals surface area contributed by atoms with Gasteiger partial charge in [-0.25, -0.2) is 4.57 Å². The predicted octanol–water partition coefficient (Wildman–Crippen LogP) is 7.89. The Balaban J connectivity index is 2.49. The minimum absolute atomic E-state index is 0.0906. The van der Waals surface area contributed by atoms with Crippen LogP contribution in [0.25, 0.3) is 0 Å². The van der Waals surface area contributed by atoms with Gasteiger partial charge in [0, 0.05) is 12.8 Å². The molecule has 14 heteroatoms. The van der Waals surface area contributed by atoms with E-state index in [-0.39, 0.29) is 12.8 Å². The van der Waals surface area contributed by atoms with Crippen LogP contribution in [0.5, 0.6) is 0 Å². The third-order valence-electron chi connectivity index (χ3n) is 10.4. The number of hydrogen-bond donors (Lipinski definition) is 6. The van der Waals surface area contributed by atoms with E-state index in [4.69, 9.17) is 18.5 Å². The first-order valence-corrected chi connectivity index (χ1v) is 23.5. The van der Waals surface area contributed by atoms with E-state index in [9.17, 15) is 44.6 Å². The number of aliphatic hydroxyl groups is 5. The van der Waals surface area contributed by atoms with Gasteiger partial charge in [0.2, 0.25) is 0 Å². The minimum atomic E-state index is -5.11. The monoisotopic (exact) mass is 823 g/mol. The summed E-state index contributed by atoms with van der Waals surface area (Å²) < 4.78 is 33.4. The lowest BCUT2D eigenvalue weighted by Gasteiger charge is -2.41. The van der Waals surface area contributed by atoms with Crippen LogP contribution in [0.3, 0.4) is 0 Å². The quantitative estimate of drug-likeness (QED) is 0.0154. The Hall–Kier alpha value is -1.41. The third-order valence-corrected chi connectivity index (χ3v) is 11.3. The molecule has 0 aromatic heterocycles. The molecule has 1 saturated carbocycles. The smallest absolute Gasteiger partial charge is 0.462 e. The molecule has 0 aromatic rings. The van der Waals surface area contributed by atoms with Gasteiger partial charge in [-0.2, -0.15) is 0 Å². The Bertz CT molecular complexity index is 1040. The molecule has 6 atom stereocenters. The number of unbranched alkanes of at least 4 members (excludes halogenated alkanes) is 22. The molecule has 1 aliphatic rings. The number of hydrogen-bond acceptors (Lipinski definition) is 12. The number of carbonyl (C=O) groups is 2. The first-order valence-electron chi connectivity index (χ1n) is 22.0. The molecule has 56 heavy (non-hydrogen) atoms. The molecule has 6 N–H and O–H groups in total. The van der Waals surface area contributed by atoms with Gasteiger partial charge in [0.15, 0.2) is 6.10 Å². The molecule has 1 fully saturated rings. The van der Waals surface area contributed by atoms with E-state index in [2.05, 4.69) is 26.0 Å². The summed E-state index contributed by atoms with van der Waals surface area (Å²) in [7, 11) is -5.11. The van der Waals surface area contributed by atoms with Crippen molar-refractivity contribution in [3.05, 3.63) is 12.2 Å². The minimum Gasteiger partial charge on any atom is -0.462 e. The molecular formula is C42H79O13P. The number of phosphoric ester groups is 1. The standard InChI is InChI=1S/C42H79O13P/c1-3-5-7-9-11-13-15-17-18-19-21-23-25-27-29-31-36(44)54-34(32-52-35(43)30-28-26-24-22-20-16-14-12-10-8-6-4-2)33-53-56(50,51)55-42-40(48)38(46)37(45)39(47)41(42)49/h17-18,34,37-42,45-49H,3-16,19-33H2,1-2H3,(H,50,51)/b18-17-. The highest BCUT2D eigenvalue weighted by Gasteiger charge is 2.51. The van der Waals surface area contributed by atoms with Crippen LogP contribution in [-0.4, -0.2) is 98.3 Å². The maximum atomic E-state index is 12.8. The van der Waals surface area contributed by atoms with E-state index in [1.165, 1.54) is 89.9 Å². The third kappa shape index (κ3) is 25.8. The van der Waals surface area contributed by atoms with Crippen molar-refractivity contribution in [1.82, 2.24) is 0 Å². The molecule has 0 aliphatic heterocycles. The lowest BCUT2D eigenvalue weighted by atomic mass is 9.85. The maximum Gasteiger partial charge on any atom is 0.472 e. The van der Waals surface area contributed by atoms with Gasteiger partial charge in [0.05, 0.1) is 6.61 Å². The topological polar surface area (TPSA) is 210 Å². The van der Waals surface area contributed by atoms with Gasteiger partial charge in [-0.3, -0.25) is 18.6 Å². The molecule has 0 amide bonds. The lowest BCUT2D eigenvalue weighted by Crippen LogP contribution is -2.64. The van der Waals surface area contributed by atoms with Gasteiger partial charge in [0.1, 0.15) is 43.2 Å². The van der Waals surface area contributed by atoms with Crippen LogP contribution in [0.15, 0.2) is 12.2 Å². The predicted molar refractivity (Wildman–Crippen MR) is 217 cm³/mol. The summed E-state index contributed by atoms with van der Waals surface area (Å²) in [6, 6.07) is 0. The van der Waals surface area contributed by atoms with Crippen LogP contribution < -0.4 is 0 Å². The van der Waals surface area contributed by atoms with Gasteiger partial charge in [0.25, 0.3) is 0 Å². The van der Waals surface area contributed by atoms with E-state index >= 15 is 0 Å². The number of phosphoric acid groups is 1. The number of ether oxygens (including phenoxy) is 2. The summed E-state index contributed by atoms with van der Waals surface area (Å²) >= 11 is 0. The SMILES string of the molecule is CCCCCCCC/C=C\CCCCCCCC(=O)OC(COC(=O)CCCCCCCCCCCCCC)COP(=O)(O)OC1C(O)C(O)C(O)C(O)C1O. The second-order valence-electron chi connectivity index (χ2n) is 15.6. The normalized spacial score (nSPS) is 22.9. The van der Waals surface area contributed by atoms with Gasteiger partial charge in [-0.1, -0.05) is 148 Å². The number of allylic oxidation sites excluding steroid dienone is 2. The largest absolute Gasteiger partial charge is 0.472 e. The zero-order chi connectivity index (χ0) is 41.4. The van der Waals surface area contributed by atoms with Crippen molar-refractivity contribution in [2.24, 2.45) is 0 Å². The lowest BCUT2D eigenvalue weighted by molar-refractivity contribution is -0.220. The molecule has 0 aromatic carbocycles. The molecule has 0 heterocycles. The van der Waals surface area contributed by atoms with Gasteiger partial charge in [-0.05, 0) is 38.5 Å². The van der Waals surface area contributed by atoms with Crippen molar-refractivity contribution >= 4 is 19.8 Å². The van der Waals surface area contributed by atoms with Crippen molar-refractivity contribution in [3.8, 4) is 0 Å². The maximum absolute atomic E-state index is 12.8. The number of carbonyl (C=O) groups excluding carboxylic acids is 2. The van der Waals surface area contributed by atoms with Crippen molar-refractivity contribution in [3.63, 3.8) is 0 Å². The van der Waals surface area contributed by atoms with Crippen LogP contribution in [0.1, 0.15) is 187 Å². The molecule has 0 spiro atoms. The van der Waals surface area contributed by atoms with Crippen molar-refractivity contribution in [2.45, 2.75) is 230 Å². The van der Waals surface area contributed by atoms with Crippen molar-refractivity contribution in [1.29, 1.82) is 0 Å². The van der Waals surface area contributed by atoms with Crippen LogP contribution in [0.4, 0.5) is 0 Å². The summed E-state index contributed by atoms with van der Waals surface area (Å²) in [5, 5.41) is 50.0. The summed E-state index contributed by atoms with van der Waals surface area (Å²) in [5.41, 5.74) is 0. The molecule has 6 unspecified atom stereocenters. The summed E-state index contributed by atoms with van der Waals surface area (Å²) in [6.45, 7) is 3.28. The fourth-order valence-electron chi connectivity index (χ4n) is 6.75. The Labute approximate surface area is 337 Å². The molecule has 0 radical (unpaired) electrons.